The average Bonchev–Trinajstić information content (AvgIpc) is 2.41. The predicted molar refractivity (Wildman–Crippen MR) is 94.7 cm³/mol. The van der Waals surface area contributed by atoms with Crippen molar-refractivity contribution in [3.63, 3.8) is 0 Å². The van der Waals surface area contributed by atoms with Gasteiger partial charge in [0, 0.05) is 9.26 Å². The lowest BCUT2D eigenvalue weighted by Crippen LogP contribution is -2.21. The van der Waals surface area contributed by atoms with Crippen molar-refractivity contribution >= 4 is 39.9 Å². The minimum atomic E-state index is 0.280. The van der Waals surface area contributed by atoms with Crippen molar-refractivity contribution in [2.75, 3.05) is 10.6 Å². The Morgan fingerprint density at radius 2 is 1.50 bits per heavy atom. The lowest BCUT2D eigenvalue weighted by molar-refractivity contribution is 0.869. The van der Waals surface area contributed by atoms with E-state index in [-0.39, 0.29) is 5.96 Å². The van der Waals surface area contributed by atoms with E-state index in [4.69, 9.17) is 5.41 Å². The number of halogens is 1. The molecule has 0 aromatic heterocycles. The summed E-state index contributed by atoms with van der Waals surface area (Å²) in [5.74, 6) is 0.700. The second-order valence-electron chi connectivity index (χ2n) is 4.85. The van der Waals surface area contributed by atoms with Crippen LogP contribution in [0.1, 0.15) is 25.3 Å². The normalized spacial score (nSPS) is 10.4. The molecule has 0 aliphatic rings. The Hall–Kier alpha value is -1.56. The van der Waals surface area contributed by atoms with Crippen molar-refractivity contribution in [3.05, 3.63) is 57.7 Å². The average molecular weight is 379 g/mol. The number of hydrogen-bond donors (Lipinski definition) is 3. The fourth-order valence-electron chi connectivity index (χ4n) is 1.98. The van der Waals surface area contributed by atoms with Crippen molar-refractivity contribution in [2.45, 2.75) is 19.8 Å². The van der Waals surface area contributed by atoms with Crippen molar-refractivity contribution < 1.29 is 0 Å². The number of nitrogens with one attached hydrogen (secondary N) is 3. The molecule has 0 aliphatic carbocycles. The smallest absolute Gasteiger partial charge is 0.197 e. The van der Waals surface area contributed by atoms with Crippen LogP contribution in [0.15, 0.2) is 48.5 Å². The van der Waals surface area contributed by atoms with E-state index in [2.05, 4.69) is 53.1 Å². The van der Waals surface area contributed by atoms with Gasteiger partial charge >= 0.3 is 0 Å². The minimum absolute atomic E-state index is 0.280. The van der Waals surface area contributed by atoms with E-state index in [0.717, 1.165) is 14.9 Å². The summed E-state index contributed by atoms with van der Waals surface area (Å²) in [7, 11) is 0. The van der Waals surface area contributed by atoms with Crippen molar-refractivity contribution in [1.29, 1.82) is 5.41 Å². The van der Waals surface area contributed by atoms with E-state index in [9.17, 15) is 0 Å². The maximum Gasteiger partial charge on any atom is 0.197 e. The highest BCUT2D eigenvalue weighted by atomic mass is 127. The van der Waals surface area contributed by atoms with E-state index in [1.54, 1.807) is 0 Å². The van der Waals surface area contributed by atoms with Gasteiger partial charge in [-0.15, -0.1) is 0 Å². The maximum absolute atomic E-state index is 8.07. The van der Waals surface area contributed by atoms with E-state index in [0.29, 0.717) is 5.92 Å². The Bertz CT molecular complexity index is 608. The van der Waals surface area contributed by atoms with Crippen LogP contribution in [0.4, 0.5) is 11.4 Å². The summed E-state index contributed by atoms with van der Waals surface area (Å²) in [6.07, 6.45) is 0. The van der Waals surface area contributed by atoms with Crippen LogP contribution >= 0.6 is 22.6 Å². The van der Waals surface area contributed by atoms with Gasteiger partial charge in [0.2, 0.25) is 0 Å². The van der Waals surface area contributed by atoms with Crippen LogP contribution in [0.5, 0.6) is 0 Å². The Morgan fingerprint density at radius 3 is 2.15 bits per heavy atom. The van der Waals surface area contributed by atoms with Crippen LogP contribution in [0.3, 0.4) is 0 Å². The van der Waals surface area contributed by atoms with Crippen molar-refractivity contribution in [3.8, 4) is 0 Å². The van der Waals surface area contributed by atoms with Crippen LogP contribution in [-0.2, 0) is 0 Å². The maximum atomic E-state index is 8.07. The molecule has 0 bridgehead atoms. The second kappa shape index (κ2) is 6.74. The standard InChI is InChI=1S/C16H18IN3/c1-11(2)12-7-3-5-9-14(12)19-16(18)20-15-10-6-4-8-13(15)17/h3-11H,1-2H3,(H3,18,19,20). The van der Waals surface area contributed by atoms with Crippen LogP contribution in [0, 0.1) is 8.98 Å². The molecular formula is C16H18IN3. The molecule has 0 fully saturated rings. The quantitative estimate of drug-likeness (QED) is 0.405. The molecule has 0 radical (unpaired) electrons. The van der Waals surface area contributed by atoms with E-state index in [1.165, 1.54) is 5.56 Å². The Kier molecular flexibility index (Phi) is 5.00. The molecule has 0 amide bonds. The van der Waals surface area contributed by atoms with Gasteiger partial charge in [-0.05, 0) is 52.3 Å². The van der Waals surface area contributed by atoms with Gasteiger partial charge in [-0.2, -0.15) is 0 Å². The van der Waals surface area contributed by atoms with Crippen LogP contribution in [-0.4, -0.2) is 5.96 Å². The molecule has 2 rings (SSSR count). The second-order valence-corrected chi connectivity index (χ2v) is 6.01. The monoisotopic (exact) mass is 379 g/mol. The summed E-state index contributed by atoms with van der Waals surface area (Å²) in [5.41, 5.74) is 3.13. The molecule has 0 aliphatic heterocycles. The number of benzene rings is 2. The molecule has 4 heteroatoms. The summed E-state index contributed by atoms with van der Waals surface area (Å²) in [4.78, 5) is 0. The summed E-state index contributed by atoms with van der Waals surface area (Å²) in [6, 6.07) is 16.0. The third-order valence-electron chi connectivity index (χ3n) is 2.98. The van der Waals surface area contributed by atoms with Gasteiger partial charge in [-0.1, -0.05) is 44.2 Å². The highest BCUT2D eigenvalue weighted by molar-refractivity contribution is 14.1. The van der Waals surface area contributed by atoms with Crippen molar-refractivity contribution in [2.24, 2.45) is 0 Å². The lowest BCUT2D eigenvalue weighted by Gasteiger charge is -2.16. The first kappa shape index (κ1) is 14.8. The Balaban J connectivity index is 2.11. The Labute approximate surface area is 133 Å². The molecule has 0 saturated heterocycles. The topological polar surface area (TPSA) is 47.9 Å². The predicted octanol–water partition coefficient (Wildman–Crippen LogP) is 4.87. The summed E-state index contributed by atoms with van der Waals surface area (Å²) in [6.45, 7) is 4.30. The molecule has 0 saturated carbocycles. The van der Waals surface area contributed by atoms with E-state index >= 15 is 0 Å². The van der Waals surface area contributed by atoms with Gasteiger partial charge in [-0.25, -0.2) is 0 Å². The molecule has 20 heavy (non-hydrogen) atoms. The molecule has 104 valence electrons. The minimum Gasteiger partial charge on any atom is -0.326 e. The van der Waals surface area contributed by atoms with Gasteiger partial charge < -0.3 is 10.6 Å². The first-order chi connectivity index (χ1) is 9.58. The zero-order valence-electron chi connectivity index (χ0n) is 11.6. The molecule has 3 nitrogen and oxygen atoms in total. The molecular weight excluding hydrogens is 361 g/mol. The van der Waals surface area contributed by atoms with Crippen LogP contribution < -0.4 is 10.6 Å². The van der Waals surface area contributed by atoms with Crippen LogP contribution in [0.25, 0.3) is 0 Å². The highest BCUT2D eigenvalue weighted by Crippen LogP contribution is 2.24. The Morgan fingerprint density at radius 1 is 0.950 bits per heavy atom. The van der Waals surface area contributed by atoms with Gasteiger partial charge in [0.15, 0.2) is 5.96 Å². The van der Waals surface area contributed by atoms with Gasteiger partial charge in [0.05, 0.1) is 5.69 Å². The third kappa shape index (κ3) is 3.72. The molecule has 0 spiro atoms. The third-order valence-corrected chi connectivity index (χ3v) is 3.92. The van der Waals surface area contributed by atoms with Gasteiger partial charge in [-0.3, -0.25) is 5.41 Å². The number of para-hydroxylation sites is 2. The van der Waals surface area contributed by atoms with Gasteiger partial charge in [0.1, 0.15) is 0 Å². The highest BCUT2D eigenvalue weighted by Gasteiger charge is 2.08. The van der Waals surface area contributed by atoms with E-state index < -0.39 is 0 Å². The molecule has 0 unspecified atom stereocenters. The molecule has 2 aromatic carbocycles. The summed E-state index contributed by atoms with van der Waals surface area (Å²) >= 11 is 2.26. The van der Waals surface area contributed by atoms with E-state index in [1.807, 2.05) is 42.5 Å². The number of anilines is 2. The SMILES string of the molecule is CC(C)c1ccccc1NC(=N)Nc1ccccc1I. The number of guanidine groups is 1. The summed E-state index contributed by atoms with van der Waals surface area (Å²) < 4.78 is 1.09. The molecule has 3 N–H and O–H groups in total. The number of hydrogen-bond acceptors (Lipinski definition) is 1. The summed E-state index contributed by atoms with van der Waals surface area (Å²) in [5, 5.41) is 14.3. The molecule has 2 aromatic rings. The fourth-order valence-corrected chi connectivity index (χ4v) is 2.50. The first-order valence-electron chi connectivity index (χ1n) is 6.54. The number of rotatable bonds is 3. The first-order valence-corrected chi connectivity index (χ1v) is 7.62. The zero-order chi connectivity index (χ0) is 14.5. The molecule has 0 atom stereocenters. The van der Waals surface area contributed by atoms with Gasteiger partial charge in [0.25, 0.3) is 0 Å². The lowest BCUT2D eigenvalue weighted by atomic mass is 10.0. The molecule has 0 heterocycles. The largest absolute Gasteiger partial charge is 0.326 e. The van der Waals surface area contributed by atoms with Crippen LogP contribution in [0.2, 0.25) is 0 Å². The zero-order valence-corrected chi connectivity index (χ0v) is 13.7. The van der Waals surface area contributed by atoms with Crippen molar-refractivity contribution in [1.82, 2.24) is 0 Å². The fraction of sp³-hybridized carbons (Fsp3) is 0.188.